The fraction of sp³-hybridized carbons (Fsp3) is 0.846. The van der Waals surface area contributed by atoms with Gasteiger partial charge in [0.15, 0.2) is 0 Å². The van der Waals surface area contributed by atoms with Crippen molar-refractivity contribution < 1.29 is 14.7 Å². The highest BCUT2D eigenvalue weighted by atomic mass is 16.4. The maximum atomic E-state index is 11.5. The normalized spacial score (nSPS) is 24.8. The molecule has 1 saturated heterocycles. The summed E-state index contributed by atoms with van der Waals surface area (Å²) in [6.07, 6.45) is 4.87. The van der Waals surface area contributed by atoms with Gasteiger partial charge in [-0.3, -0.25) is 9.59 Å². The summed E-state index contributed by atoms with van der Waals surface area (Å²) in [5.74, 6) is -0.708. The Labute approximate surface area is 107 Å². The van der Waals surface area contributed by atoms with Gasteiger partial charge >= 0.3 is 5.97 Å². The van der Waals surface area contributed by atoms with Gasteiger partial charge in [0.2, 0.25) is 5.91 Å². The molecule has 3 N–H and O–H groups in total. The van der Waals surface area contributed by atoms with Crippen molar-refractivity contribution >= 4 is 11.9 Å². The van der Waals surface area contributed by atoms with Gasteiger partial charge in [-0.05, 0) is 51.1 Å². The first-order chi connectivity index (χ1) is 8.66. The van der Waals surface area contributed by atoms with Crippen LogP contribution in [0.1, 0.15) is 38.5 Å². The lowest BCUT2D eigenvalue weighted by atomic mass is 9.87. The zero-order valence-corrected chi connectivity index (χ0v) is 10.7. The van der Waals surface area contributed by atoms with E-state index >= 15 is 0 Å². The minimum absolute atomic E-state index is 0.0752. The van der Waals surface area contributed by atoms with Gasteiger partial charge in [-0.25, -0.2) is 0 Å². The number of nitrogens with one attached hydrogen (secondary N) is 2. The number of carbonyl (C=O) groups is 2. The molecule has 0 spiro atoms. The van der Waals surface area contributed by atoms with E-state index in [1.807, 2.05) is 0 Å². The van der Waals surface area contributed by atoms with Crippen molar-refractivity contribution in [2.24, 2.45) is 11.8 Å². The van der Waals surface area contributed by atoms with Crippen molar-refractivity contribution in [3.05, 3.63) is 0 Å². The molecule has 1 aliphatic heterocycles. The monoisotopic (exact) mass is 254 g/mol. The average Bonchev–Trinajstić information content (AvgIpc) is 2.95. The number of carboxylic acids is 1. The minimum atomic E-state index is -0.716. The third kappa shape index (κ3) is 3.98. The van der Waals surface area contributed by atoms with E-state index in [9.17, 15) is 14.7 Å². The summed E-state index contributed by atoms with van der Waals surface area (Å²) in [5, 5.41) is 15.4. The molecule has 1 amide bonds. The van der Waals surface area contributed by atoms with Gasteiger partial charge in [0.1, 0.15) is 0 Å². The van der Waals surface area contributed by atoms with E-state index in [0.717, 1.165) is 32.4 Å². The number of carbonyl (C=O) groups excluding carboxylic acids is 1. The number of aliphatic carboxylic acids is 1. The Morgan fingerprint density at radius 1 is 1.33 bits per heavy atom. The molecular weight excluding hydrogens is 232 g/mol. The molecule has 2 aliphatic rings. The zero-order chi connectivity index (χ0) is 13.0. The second-order valence-corrected chi connectivity index (χ2v) is 5.43. The predicted octanol–water partition coefficient (Wildman–Crippen LogP) is 0.746. The van der Waals surface area contributed by atoms with Crippen molar-refractivity contribution in [3.63, 3.8) is 0 Å². The lowest BCUT2D eigenvalue weighted by Crippen LogP contribution is -2.27. The predicted molar refractivity (Wildman–Crippen MR) is 67.1 cm³/mol. The summed E-state index contributed by atoms with van der Waals surface area (Å²) in [7, 11) is 0. The van der Waals surface area contributed by atoms with Gasteiger partial charge in [-0.15, -0.1) is 0 Å². The van der Waals surface area contributed by atoms with Crippen LogP contribution in [0.5, 0.6) is 0 Å². The van der Waals surface area contributed by atoms with Crippen LogP contribution < -0.4 is 10.6 Å². The van der Waals surface area contributed by atoms with Crippen LogP contribution >= 0.6 is 0 Å². The number of amides is 1. The molecule has 0 aromatic rings. The van der Waals surface area contributed by atoms with Crippen LogP contribution in [0.2, 0.25) is 0 Å². The highest BCUT2D eigenvalue weighted by Crippen LogP contribution is 2.24. The SMILES string of the molecule is O=C(CCC[C@H](C(=O)O)[C@H]1CCNC1)NC1CC1. The van der Waals surface area contributed by atoms with Gasteiger partial charge in [0.25, 0.3) is 0 Å². The number of rotatable bonds is 7. The maximum absolute atomic E-state index is 11.5. The molecule has 0 unspecified atom stereocenters. The zero-order valence-electron chi connectivity index (χ0n) is 10.7. The summed E-state index contributed by atoms with van der Waals surface area (Å²) in [6, 6.07) is 0.395. The van der Waals surface area contributed by atoms with Crippen LogP contribution in [0.25, 0.3) is 0 Å². The summed E-state index contributed by atoms with van der Waals surface area (Å²) < 4.78 is 0. The van der Waals surface area contributed by atoms with Gasteiger partial charge in [-0.2, -0.15) is 0 Å². The average molecular weight is 254 g/mol. The molecule has 5 nitrogen and oxygen atoms in total. The second-order valence-electron chi connectivity index (χ2n) is 5.43. The molecule has 2 rings (SSSR count). The fourth-order valence-corrected chi connectivity index (χ4v) is 2.59. The van der Waals surface area contributed by atoms with Crippen molar-refractivity contribution in [1.29, 1.82) is 0 Å². The number of carboxylic acid groups (broad SMARTS) is 1. The summed E-state index contributed by atoms with van der Waals surface area (Å²) in [6.45, 7) is 1.71. The van der Waals surface area contributed by atoms with Gasteiger partial charge in [-0.1, -0.05) is 0 Å². The van der Waals surface area contributed by atoms with E-state index in [-0.39, 0.29) is 17.7 Å². The molecule has 0 bridgehead atoms. The second kappa shape index (κ2) is 6.18. The van der Waals surface area contributed by atoms with Crippen molar-refractivity contribution in [2.45, 2.75) is 44.6 Å². The molecule has 0 aromatic carbocycles. The lowest BCUT2D eigenvalue weighted by molar-refractivity contribution is -0.144. The Kier molecular flexibility index (Phi) is 4.58. The van der Waals surface area contributed by atoms with Crippen LogP contribution in [0.4, 0.5) is 0 Å². The molecule has 0 aromatic heterocycles. The molecule has 1 saturated carbocycles. The van der Waals surface area contributed by atoms with Gasteiger partial charge < -0.3 is 15.7 Å². The van der Waals surface area contributed by atoms with Crippen LogP contribution in [-0.4, -0.2) is 36.1 Å². The number of hydrogen-bond donors (Lipinski definition) is 3. The Hall–Kier alpha value is -1.10. The van der Waals surface area contributed by atoms with E-state index in [2.05, 4.69) is 10.6 Å². The van der Waals surface area contributed by atoms with Gasteiger partial charge in [0.05, 0.1) is 5.92 Å². The molecule has 1 aliphatic carbocycles. The van der Waals surface area contributed by atoms with Crippen molar-refractivity contribution in [3.8, 4) is 0 Å². The van der Waals surface area contributed by atoms with Crippen LogP contribution in [0.3, 0.4) is 0 Å². The molecule has 2 fully saturated rings. The quantitative estimate of drug-likeness (QED) is 0.626. The van der Waals surface area contributed by atoms with Crippen molar-refractivity contribution in [1.82, 2.24) is 10.6 Å². The highest BCUT2D eigenvalue weighted by Gasteiger charge is 2.30. The topological polar surface area (TPSA) is 78.4 Å². The first-order valence-electron chi connectivity index (χ1n) is 6.89. The standard InChI is InChI=1S/C13H22N2O3/c16-12(15-10-4-5-10)3-1-2-11(13(17)18)9-6-7-14-8-9/h9-11,14H,1-8H2,(H,15,16)(H,17,18)/t9-,11-/m0/s1. The third-order valence-electron chi connectivity index (χ3n) is 3.85. The van der Waals surface area contributed by atoms with E-state index in [1.54, 1.807) is 0 Å². The summed E-state index contributed by atoms with van der Waals surface area (Å²) in [5.41, 5.74) is 0. The highest BCUT2D eigenvalue weighted by molar-refractivity contribution is 5.76. The molecule has 0 radical (unpaired) electrons. The summed E-state index contributed by atoms with van der Waals surface area (Å²) in [4.78, 5) is 22.7. The Bertz CT molecular complexity index is 309. The van der Waals surface area contributed by atoms with E-state index in [0.29, 0.717) is 25.3 Å². The Balaban J connectivity index is 1.68. The van der Waals surface area contributed by atoms with Gasteiger partial charge in [0, 0.05) is 12.5 Å². The molecular formula is C13H22N2O3. The van der Waals surface area contributed by atoms with E-state index < -0.39 is 5.97 Å². The third-order valence-corrected chi connectivity index (χ3v) is 3.85. The fourth-order valence-electron chi connectivity index (χ4n) is 2.59. The van der Waals surface area contributed by atoms with E-state index in [4.69, 9.17) is 0 Å². The van der Waals surface area contributed by atoms with Crippen LogP contribution in [0, 0.1) is 11.8 Å². The smallest absolute Gasteiger partial charge is 0.306 e. The van der Waals surface area contributed by atoms with E-state index in [1.165, 1.54) is 0 Å². The Morgan fingerprint density at radius 2 is 2.11 bits per heavy atom. The first kappa shape index (κ1) is 13.3. The molecule has 18 heavy (non-hydrogen) atoms. The maximum Gasteiger partial charge on any atom is 0.306 e. The Morgan fingerprint density at radius 3 is 2.67 bits per heavy atom. The number of hydrogen-bond acceptors (Lipinski definition) is 3. The minimum Gasteiger partial charge on any atom is -0.481 e. The molecule has 5 heteroatoms. The molecule has 1 heterocycles. The van der Waals surface area contributed by atoms with Crippen LogP contribution in [0.15, 0.2) is 0 Å². The molecule has 102 valence electrons. The largest absolute Gasteiger partial charge is 0.481 e. The summed E-state index contributed by atoms with van der Waals surface area (Å²) >= 11 is 0. The lowest BCUT2D eigenvalue weighted by Gasteiger charge is -2.18. The van der Waals surface area contributed by atoms with Crippen molar-refractivity contribution in [2.75, 3.05) is 13.1 Å². The first-order valence-corrected chi connectivity index (χ1v) is 6.89. The van der Waals surface area contributed by atoms with Crippen LogP contribution in [-0.2, 0) is 9.59 Å². The molecule has 2 atom stereocenters.